The van der Waals surface area contributed by atoms with Gasteiger partial charge in [0.15, 0.2) is 0 Å². The van der Waals surface area contributed by atoms with E-state index in [1.807, 2.05) is 6.92 Å². The molecule has 0 radical (unpaired) electrons. The van der Waals surface area contributed by atoms with Gasteiger partial charge in [-0.05, 0) is 13.3 Å². The molecule has 0 saturated carbocycles. The number of thiazole rings is 1. The van der Waals surface area contributed by atoms with Gasteiger partial charge in [0, 0.05) is 5.38 Å². The first-order valence-corrected chi connectivity index (χ1v) is 6.81. The SMILES string of the molecule is CCOc1cncc(NCc2csc(CC)n2)n1. The molecule has 2 heterocycles. The van der Waals surface area contributed by atoms with Gasteiger partial charge >= 0.3 is 0 Å². The third-order valence-electron chi connectivity index (χ3n) is 2.26. The first-order chi connectivity index (χ1) is 8.81. The van der Waals surface area contributed by atoms with Crippen LogP contribution in [0.4, 0.5) is 5.82 Å². The molecule has 0 bridgehead atoms. The van der Waals surface area contributed by atoms with Crippen LogP contribution in [0.5, 0.6) is 5.88 Å². The summed E-state index contributed by atoms with van der Waals surface area (Å²) >= 11 is 1.68. The lowest BCUT2D eigenvalue weighted by atomic mass is 10.4. The molecule has 1 N–H and O–H groups in total. The second-order valence-corrected chi connectivity index (χ2v) is 4.56. The van der Waals surface area contributed by atoms with Gasteiger partial charge < -0.3 is 10.1 Å². The molecule has 0 aliphatic heterocycles. The highest BCUT2D eigenvalue weighted by atomic mass is 32.1. The van der Waals surface area contributed by atoms with E-state index in [1.54, 1.807) is 23.7 Å². The van der Waals surface area contributed by atoms with Crippen LogP contribution in [0, 0.1) is 0 Å². The summed E-state index contributed by atoms with van der Waals surface area (Å²) in [5, 5.41) is 6.40. The summed E-state index contributed by atoms with van der Waals surface area (Å²) in [6.07, 6.45) is 4.26. The predicted molar refractivity (Wildman–Crippen MR) is 72.0 cm³/mol. The van der Waals surface area contributed by atoms with Crippen molar-refractivity contribution >= 4 is 17.2 Å². The number of hydrogen-bond acceptors (Lipinski definition) is 6. The van der Waals surface area contributed by atoms with Crippen molar-refractivity contribution in [2.24, 2.45) is 0 Å². The highest BCUT2D eigenvalue weighted by Crippen LogP contribution is 2.13. The van der Waals surface area contributed by atoms with Crippen LogP contribution in [0.1, 0.15) is 24.5 Å². The molecule has 0 spiro atoms. The summed E-state index contributed by atoms with van der Waals surface area (Å²) in [5.41, 5.74) is 1.03. The molecule has 0 unspecified atom stereocenters. The van der Waals surface area contributed by atoms with Crippen LogP contribution in [-0.4, -0.2) is 21.6 Å². The van der Waals surface area contributed by atoms with E-state index >= 15 is 0 Å². The molecule has 6 heteroatoms. The quantitative estimate of drug-likeness (QED) is 0.868. The smallest absolute Gasteiger partial charge is 0.234 e. The Morgan fingerprint density at radius 2 is 2.17 bits per heavy atom. The molecule has 0 aliphatic carbocycles. The molecule has 2 aromatic heterocycles. The van der Waals surface area contributed by atoms with Crippen molar-refractivity contribution in [3.63, 3.8) is 0 Å². The minimum absolute atomic E-state index is 0.537. The van der Waals surface area contributed by atoms with Crippen LogP contribution in [0.25, 0.3) is 0 Å². The van der Waals surface area contributed by atoms with Crippen molar-refractivity contribution in [2.45, 2.75) is 26.8 Å². The number of aryl methyl sites for hydroxylation is 1. The van der Waals surface area contributed by atoms with Gasteiger partial charge in [0.25, 0.3) is 0 Å². The fourth-order valence-electron chi connectivity index (χ4n) is 1.42. The Balaban J connectivity index is 1.94. The average Bonchev–Trinajstić information content (AvgIpc) is 2.85. The molecule has 2 rings (SSSR count). The van der Waals surface area contributed by atoms with Gasteiger partial charge in [-0.3, -0.25) is 4.98 Å². The van der Waals surface area contributed by atoms with Gasteiger partial charge in [0.1, 0.15) is 5.82 Å². The molecule has 96 valence electrons. The lowest BCUT2D eigenvalue weighted by Crippen LogP contribution is -2.04. The van der Waals surface area contributed by atoms with E-state index in [4.69, 9.17) is 4.74 Å². The number of hydrogen-bond donors (Lipinski definition) is 1. The Labute approximate surface area is 110 Å². The van der Waals surface area contributed by atoms with Crippen LogP contribution >= 0.6 is 11.3 Å². The highest BCUT2D eigenvalue weighted by molar-refractivity contribution is 7.09. The average molecular weight is 264 g/mol. The Kier molecular flexibility index (Phi) is 4.46. The van der Waals surface area contributed by atoms with Gasteiger partial charge in [-0.15, -0.1) is 11.3 Å². The topological polar surface area (TPSA) is 59.9 Å². The number of aromatic nitrogens is 3. The maximum Gasteiger partial charge on any atom is 0.234 e. The van der Waals surface area contributed by atoms with Gasteiger partial charge in [0.05, 0.1) is 36.2 Å². The first-order valence-electron chi connectivity index (χ1n) is 5.93. The van der Waals surface area contributed by atoms with Crippen LogP contribution in [0.15, 0.2) is 17.8 Å². The minimum Gasteiger partial charge on any atom is -0.477 e. The highest BCUT2D eigenvalue weighted by Gasteiger charge is 2.02. The second-order valence-electron chi connectivity index (χ2n) is 3.62. The van der Waals surface area contributed by atoms with E-state index in [0.717, 1.165) is 17.1 Å². The number of ether oxygens (including phenoxy) is 1. The zero-order valence-electron chi connectivity index (χ0n) is 10.5. The van der Waals surface area contributed by atoms with Crippen molar-refractivity contribution in [1.82, 2.24) is 15.0 Å². The van der Waals surface area contributed by atoms with E-state index < -0.39 is 0 Å². The molecule has 0 fully saturated rings. The van der Waals surface area contributed by atoms with E-state index in [-0.39, 0.29) is 0 Å². The lowest BCUT2D eigenvalue weighted by molar-refractivity contribution is 0.325. The summed E-state index contributed by atoms with van der Waals surface area (Å²) in [6, 6.07) is 0. The second kappa shape index (κ2) is 6.30. The zero-order valence-corrected chi connectivity index (χ0v) is 11.3. The molecule has 0 aliphatic rings. The summed E-state index contributed by atoms with van der Waals surface area (Å²) in [4.78, 5) is 12.8. The van der Waals surface area contributed by atoms with E-state index in [0.29, 0.717) is 24.8 Å². The first kappa shape index (κ1) is 12.8. The third-order valence-corrected chi connectivity index (χ3v) is 3.30. The zero-order chi connectivity index (χ0) is 12.8. The van der Waals surface area contributed by atoms with E-state index in [9.17, 15) is 0 Å². The number of anilines is 1. The lowest BCUT2D eigenvalue weighted by Gasteiger charge is -2.05. The molecule has 0 saturated heterocycles. The van der Waals surface area contributed by atoms with Gasteiger partial charge in [-0.1, -0.05) is 6.92 Å². The van der Waals surface area contributed by atoms with Gasteiger partial charge in [0.2, 0.25) is 5.88 Å². The molecular weight excluding hydrogens is 248 g/mol. The van der Waals surface area contributed by atoms with Crippen molar-refractivity contribution in [1.29, 1.82) is 0 Å². The molecule has 0 aromatic carbocycles. The third kappa shape index (κ3) is 3.40. The molecule has 0 atom stereocenters. The van der Waals surface area contributed by atoms with Crippen molar-refractivity contribution in [2.75, 3.05) is 11.9 Å². The Morgan fingerprint density at radius 3 is 2.89 bits per heavy atom. The fourth-order valence-corrected chi connectivity index (χ4v) is 2.17. The van der Waals surface area contributed by atoms with Gasteiger partial charge in [-0.25, -0.2) is 4.98 Å². The van der Waals surface area contributed by atoms with Crippen LogP contribution < -0.4 is 10.1 Å². The summed E-state index contributed by atoms with van der Waals surface area (Å²) in [6.45, 7) is 5.27. The monoisotopic (exact) mass is 264 g/mol. The minimum atomic E-state index is 0.537. The fraction of sp³-hybridized carbons (Fsp3) is 0.417. The Bertz CT molecular complexity index is 500. The van der Waals surface area contributed by atoms with Crippen molar-refractivity contribution in [3.05, 3.63) is 28.5 Å². The predicted octanol–water partition coefficient (Wildman–Crippen LogP) is 2.51. The van der Waals surface area contributed by atoms with Crippen LogP contribution in [0.3, 0.4) is 0 Å². The maximum absolute atomic E-state index is 5.29. The van der Waals surface area contributed by atoms with Gasteiger partial charge in [-0.2, -0.15) is 4.98 Å². The summed E-state index contributed by atoms with van der Waals surface area (Å²) in [5.74, 6) is 1.24. The van der Waals surface area contributed by atoms with Crippen LogP contribution in [-0.2, 0) is 13.0 Å². The molecule has 5 nitrogen and oxygen atoms in total. The number of nitrogens with zero attached hydrogens (tertiary/aromatic N) is 3. The van der Waals surface area contributed by atoms with E-state index in [1.165, 1.54) is 0 Å². The number of nitrogens with one attached hydrogen (secondary N) is 1. The van der Waals surface area contributed by atoms with Crippen molar-refractivity contribution < 1.29 is 4.74 Å². The standard InChI is InChI=1S/C12H16N4OS/c1-3-12-15-9(8-18-12)5-14-10-6-13-7-11(16-10)17-4-2/h6-8H,3-5H2,1-2H3,(H,14,16). The summed E-state index contributed by atoms with van der Waals surface area (Å²) < 4.78 is 5.29. The molecule has 2 aromatic rings. The molecule has 0 amide bonds. The normalized spacial score (nSPS) is 10.3. The van der Waals surface area contributed by atoms with E-state index in [2.05, 4.69) is 32.6 Å². The molecule has 18 heavy (non-hydrogen) atoms. The molecular formula is C12H16N4OS. The maximum atomic E-state index is 5.29. The van der Waals surface area contributed by atoms with Crippen LogP contribution in [0.2, 0.25) is 0 Å². The Morgan fingerprint density at radius 1 is 1.28 bits per heavy atom. The number of rotatable bonds is 6. The summed E-state index contributed by atoms with van der Waals surface area (Å²) in [7, 11) is 0. The Hall–Kier alpha value is -1.69. The largest absolute Gasteiger partial charge is 0.477 e. The van der Waals surface area contributed by atoms with Crippen molar-refractivity contribution in [3.8, 4) is 5.88 Å².